The van der Waals surface area contributed by atoms with Crippen LogP contribution in [-0.2, 0) is 19.6 Å². The van der Waals surface area contributed by atoms with Crippen molar-refractivity contribution in [1.82, 2.24) is 59.4 Å². The largest absolute Gasteiger partial charge is 0.493 e. The van der Waals surface area contributed by atoms with Crippen LogP contribution in [0.5, 0.6) is 11.5 Å². The van der Waals surface area contributed by atoms with Crippen LogP contribution in [0.1, 0.15) is 93.2 Å². The molecule has 16 aromatic rings. The van der Waals surface area contributed by atoms with Crippen LogP contribution in [0.4, 0.5) is 18.9 Å². The summed E-state index contributed by atoms with van der Waals surface area (Å²) in [6.07, 6.45) is 15.0. The van der Waals surface area contributed by atoms with Crippen LogP contribution in [0, 0.1) is 88.5 Å². The van der Waals surface area contributed by atoms with Gasteiger partial charge in [-0.05, 0) is 205 Å². The number of para-hydroxylation sites is 4. The molecule has 113 heavy (non-hydrogen) atoms. The number of hydrogen-bond donors (Lipinski definition) is 0. The van der Waals surface area contributed by atoms with Gasteiger partial charge in [-0.25, -0.2) is 34.9 Å². The van der Waals surface area contributed by atoms with Gasteiger partial charge < -0.3 is 23.4 Å². The molecule has 0 N–H and O–H groups in total. The summed E-state index contributed by atoms with van der Waals surface area (Å²) in [6, 6.07) is 65.7. The first-order chi connectivity index (χ1) is 54.0. The SMILES string of the molecule is Cc1cc2cc(Cl)ccc2cn1.Cc1ccc2c(c1)OCC(C)(C)C2.Cc1ccc2c(c1)OCCN2C.Cc1ccc2cc(C)ccc2c1.Cc1ccccn1.Cc1cnc(C(F)(F)F)nc1.Cc1cnc2ccccc2c1.Cc1cnc2ccccc2n1.Cc1ncc2ccccc2n1.Cc1nccn1C.Cc1ncco1. The lowest BCUT2D eigenvalue weighted by molar-refractivity contribution is -0.145. The van der Waals surface area contributed by atoms with Gasteiger partial charge in [0.2, 0.25) is 5.82 Å². The number of alkyl halides is 3. The average molecular weight is 1540 g/mol. The van der Waals surface area contributed by atoms with E-state index in [1.165, 1.54) is 55.2 Å². The van der Waals surface area contributed by atoms with Gasteiger partial charge in [-0.3, -0.25) is 19.9 Å². The first kappa shape index (κ1) is 86.2. The lowest BCUT2D eigenvalue weighted by Crippen LogP contribution is -2.28. The monoisotopic (exact) mass is 1540 g/mol. The smallest absolute Gasteiger partial charge is 0.451 e. The highest BCUT2D eigenvalue weighted by Crippen LogP contribution is 2.35. The van der Waals surface area contributed by atoms with Gasteiger partial charge in [-0.2, -0.15) is 13.2 Å². The maximum Gasteiger partial charge on any atom is 0.451 e. The predicted octanol–water partition coefficient (Wildman–Crippen LogP) is 22.8. The summed E-state index contributed by atoms with van der Waals surface area (Å²) >= 11 is 5.85. The molecule has 0 bridgehead atoms. The third-order valence-electron chi connectivity index (χ3n) is 17.1. The number of rotatable bonds is 0. The minimum atomic E-state index is -4.44. The van der Waals surface area contributed by atoms with Crippen LogP contribution < -0.4 is 14.4 Å². The third-order valence-corrected chi connectivity index (χ3v) is 17.3. The quantitative estimate of drug-likeness (QED) is 0.140. The molecule has 0 spiro atoms. The Hall–Kier alpha value is -12.4. The highest BCUT2D eigenvalue weighted by atomic mass is 35.5. The molecule has 0 saturated heterocycles. The van der Waals surface area contributed by atoms with E-state index in [1.54, 1.807) is 44.9 Å². The number of hydrogen-bond acceptors (Lipinski definition) is 15. The van der Waals surface area contributed by atoms with Crippen LogP contribution in [0.3, 0.4) is 0 Å². The summed E-state index contributed by atoms with van der Waals surface area (Å²) in [4.78, 5) is 45.5. The Morgan fingerprint density at radius 3 is 1.60 bits per heavy atom. The van der Waals surface area contributed by atoms with Crippen molar-refractivity contribution in [2.24, 2.45) is 12.5 Å². The van der Waals surface area contributed by atoms with Crippen molar-refractivity contribution in [2.75, 3.05) is 31.7 Å². The van der Waals surface area contributed by atoms with E-state index in [0.717, 1.165) is 128 Å². The Labute approximate surface area is 666 Å². The average Bonchev–Trinajstić information content (AvgIpc) is 1.25. The van der Waals surface area contributed by atoms with Crippen LogP contribution in [0.15, 0.2) is 267 Å². The van der Waals surface area contributed by atoms with E-state index in [1.807, 2.05) is 180 Å². The van der Waals surface area contributed by atoms with Gasteiger partial charge in [0.05, 0.1) is 52.8 Å². The van der Waals surface area contributed by atoms with Crippen LogP contribution in [0.25, 0.3) is 54.4 Å². The summed E-state index contributed by atoms with van der Waals surface area (Å²) in [7, 11) is 4.07. The molecule has 8 aromatic carbocycles. The second-order valence-electron chi connectivity index (χ2n) is 28.0. The molecule has 8 aromatic heterocycles. The molecule has 2 aliphatic heterocycles. The fourth-order valence-corrected chi connectivity index (χ4v) is 11.2. The zero-order chi connectivity index (χ0) is 81.5. The van der Waals surface area contributed by atoms with Crippen LogP contribution in [-0.4, -0.2) is 86.2 Å². The number of ether oxygens (including phenoxy) is 2. The predicted molar refractivity (Wildman–Crippen MR) is 454 cm³/mol. The lowest BCUT2D eigenvalue weighted by Gasteiger charge is -2.31. The van der Waals surface area contributed by atoms with Gasteiger partial charge in [-0.1, -0.05) is 152 Å². The number of aromatic nitrogens is 12. The Balaban J connectivity index is 0.000000157. The summed E-state index contributed by atoms with van der Waals surface area (Å²) in [5.41, 5.74) is 16.9. The second-order valence-corrected chi connectivity index (χ2v) is 28.5. The van der Waals surface area contributed by atoms with Gasteiger partial charge in [0, 0.05) is 115 Å². The molecule has 0 saturated carbocycles. The second kappa shape index (κ2) is 42.7. The van der Waals surface area contributed by atoms with E-state index in [4.69, 9.17) is 25.5 Å². The highest BCUT2D eigenvalue weighted by molar-refractivity contribution is 6.31. The highest BCUT2D eigenvalue weighted by Gasteiger charge is 2.34. The Bertz CT molecular complexity index is 5330. The standard InChI is InChI=1S/C12H16O.C12H12.C10H8ClN.C10H13NO.C10H9N.2C9H8N2.C6H5F3N2.C6H7N.C5H8N2.C4H5NO/c1-9-4-5-10-7-12(2,3)8-13-11(10)6-9;1-9-3-5-12-8-10(2)4-6-11(12)7-9;1-7-4-9-5-10(11)3-2-8(9)6-12-7;1-8-3-4-9-10(7-8)12-6-5-11(9)2;1-8-6-9-4-2-3-5-10(9)11-7-8;1-7-10-6-8-4-2-3-5-9(8)11-7;1-7-6-10-8-4-2-3-5-9(8)11-7;1-4-2-10-5(11-3-4)6(7,8)9;1-6-4-2-3-5-7-6;1-5-6-3-4-7(5)2;1-4-5-2-3-6-4/h4-6H,7-8H2,1-3H3;3-8H,1-2H3;2-6H,1H3;3-4,7H,5-6H2,1-2H3;2-7H,1H3;2*2-6H,1H3;2-3H,1H3;2-5H,1H3;3-4H,1-2H3;2-3H,1H3. The Morgan fingerprint density at radius 1 is 0.416 bits per heavy atom. The number of pyridine rings is 3. The molecule has 0 unspecified atom stereocenters. The minimum Gasteiger partial charge on any atom is -0.493 e. The molecule has 2 aliphatic rings. The van der Waals surface area contributed by atoms with E-state index in [0.29, 0.717) is 11.0 Å². The topological polar surface area (TPSA) is 182 Å². The maximum absolute atomic E-state index is 11.8. The molecular formula is C93H99ClF3N13O3. The molecule has 582 valence electrons. The summed E-state index contributed by atoms with van der Waals surface area (Å²) in [5.74, 6) is 3.60. The normalized spacial score (nSPS) is 11.8. The van der Waals surface area contributed by atoms with Crippen molar-refractivity contribution in [3.63, 3.8) is 0 Å². The molecule has 0 atom stereocenters. The number of anilines is 1. The fourth-order valence-electron chi connectivity index (χ4n) is 11.0. The zero-order valence-electron chi connectivity index (χ0n) is 67.2. The number of oxazole rings is 1. The van der Waals surface area contributed by atoms with Gasteiger partial charge in [-0.15, -0.1) is 0 Å². The number of aryl methyl sites for hydroxylation is 13. The first-order valence-electron chi connectivity index (χ1n) is 36.9. The number of halogens is 4. The van der Waals surface area contributed by atoms with Gasteiger partial charge in [0.25, 0.3) is 0 Å². The summed E-state index contributed by atoms with van der Waals surface area (Å²) in [5, 5.41) is 8.03. The number of imidazole rings is 1. The maximum atomic E-state index is 11.8. The number of nitrogens with zero attached hydrogens (tertiary/aromatic N) is 13. The van der Waals surface area contributed by atoms with Crippen molar-refractivity contribution >= 4 is 71.7 Å². The molecule has 18 rings (SSSR count). The van der Waals surface area contributed by atoms with Gasteiger partial charge in [0.15, 0.2) is 5.89 Å². The van der Waals surface area contributed by atoms with Crippen molar-refractivity contribution in [3.8, 4) is 11.5 Å². The zero-order valence-corrected chi connectivity index (χ0v) is 68.0. The number of benzene rings is 8. The Morgan fingerprint density at radius 2 is 1.00 bits per heavy atom. The van der Waals surface area contributed by atoms with Crippen LogP contribution in [0.2, 0.25) is 5.02 Å². The molecule has 16 nitrogen and oxygen atoms in total. The Kier molecular flexibility index (Phi) is 32.6. The summed E-state index contributed by atoms with van der Waals surface area (Å²) < 4.78 is 53.3. The van der Waals surface area contributed by atoms with Crippen LogP contribution >= 0.6 is 11.6 Å². The van der Waals surface area contributed by atoms with Crippen molar-refractivity contribution in [2.45, 2.75) is 110 Å². The van der Waals surface area contributed by atoms with E-state index in [9.17, 15) is 13.2 Å². The fraction of sp³-hybridized carbons (Fsp3) is 0.237. The number of fused-ring (bicyclic) bond motifs is 7. The molecule has 0 fully saturated rings. The van der Waals surface area contributed by atoms with E-state index in [2.05, 4.69) is 200 Å². The third kappa shape index (κ3) is 29.4. The molecule has 0 amide bonds. The molecule has 10 heterocycles. The van der Waals surface area contributed by atoms with E-state index >= 15 is 0 Å². The van der Waals surface area contributed by atoms with Gasteiger partial charge in [0.1, 0.15) is 36.0 Å². The number of likely N-dealkylation sites (N-methyl/N-ethyl adjacent to an activating group) is 1. The van der Waals surface area contributed by atoms with Crippen molar-refractivity contribution in [1.29, 1.82) is 0 Å². The van der Waals surface area contributed by atoms with Crippen molar-refractivity contribution in [3.05, 3.63) is 347 Å². The van der Waals surface area contributed by atoms with Crippen molar-refractivity contribution < 1.29 is 27.1 Å². The molecule has 20 heteroatoms. The molecule has 0 radical (unpaired) electrons. The van der Waals surface area contributed by atoms with Gasteiger partial charge >= 0.3 is 6.18 Å². The summed E-state index contributed by atoms with van der Waals surface area (Å²) in [6.45, 7) is 30.8. The van der Waals surface area contributed by atoms with E-state index in [-0.39, 0.29) is 0 Å². The minimum absolute atomic E-state index is 0.294. The lowest BCUT2D eigenvalue weighted by atomic mass is 9.84. The first-order valence-corrected chi connectivity index (χ1v) is 37.3. The van der Waals surface area contributed by atoms with E-state index < -0.39 is 12.0 Å². The molecular weight excluding hydrogens is 1440 g/mol. The molecule has 0 aliphatic carbocycles.